The smallest absolute Gasteiger partial charge is 0.230 e. The number of carbonyl (C=O) groups is 2. The number of nitrogens with zero attached hydrogens (tertiary/aromatic N) is 2. The van der Waals surface area contributed by atoms with Gasteiger partial charge in [-0.15, -0.1) is 11.3 Å². The van der Waals surface area contributed by atoms with Crippen molar-refractivity contribution in [3.63, 3.8) is 0 Å². The molecule has 6 nitrogen and oxygen atoms in total. The maximum atomic E-state index is 12.4. The summed E-state index contributed by atoms with van der Waals surface area (Å²) in [6.45, 7) is 8.43. The summed E-state index contributed by atoms with van der Waals surface area (Å²) in [7, 11) is 0. The van der Waals surface area contributed by atoms with Crippen molar-refractivity contribution in [2.24, 2.45) is 5.92 Å². The molecule has 2 N–H and O–H groups in total. The minimum Gasteiger partial charge on any atom is -0.351 e. The van der Waals surface area contributed by atoms with Gasteiger partial charge in [0.15, 0.2) is 0 Å². The summed E-state index contributed by atoms with van der Waals surface area (Å²) in [4.78, 5) is 35.3. The molecule has 0 bridgehead atoms. The van der Waals surface area contributed by atoms with Gasteiger partial charge < -0.3 is 10.6 Å². The summed E-state index contributed by atoms with van der Waals surface area (Å²) >= 11 is 3.07. The van der Waals surface area contributed by atoms with Crippen LogP contribution in [0.25, 0.3) is 10.2 Å². The SMILES string of the molecule is CCC(C)C(=O)Nc1cccc(CNC(=O)CSc2ncnc3sc(C)c(C)c23)c1. The van der Waals surface area contributed by atoms with Gasteiger partial charge in [0.05, 0.1) is 5.75 Å². The number of benzene rings is 1. The largest absolute Gasteiger partial charge is 0.351 e. The summed E-state index contributed by atoms with van der Waals surface area (Å²) in [6, 6.07) is 7.55. The summed E-state index contributed by atoms with van der Waals surface area (Å²) in [5, 5.41) is 7.74. The van der Waals surface area contributed by atoms with Crippen molar-refractivity contribution in [2.45, 2.75) is 45.7 Å². The van der Waals surface area contributed by atoms with Gasteiger partial charge in [-0.1, -0.05) is 37.7 Å². The Kier molecular flexibility index (Phi) is 7.44. The molecular formula is C22H26N4O2S2. The molecule has 0 spiro atoms. The van der Waals surface area contributed by atoms with E-state index in [9.17, 15) is 9.59 Å². The van der Waals surface area contributed by atoms with Gasteiger partial charge in [-0.3, -0.25) is 9.59 Å². The van der Waals surface area contributed by atoms with E-state index < -0.39 is 0 Å². The van der Waals surface area contributed by atoms with E-state index in [-0.39, 0.29) is 23.5 Å². The number of rotatable bonds is 8. The number of amides is 2. The van der Waals surface area contributed by atoms with Gasteiger partial charge >= 0.3 is 0 Å². The predicted octanol–water partition coefficient (Wildman–Crippen LogP) is 4.70. The molecule has 1 atom stereocenters. The highest BCUT2D eigenvalue weighted by atomic mass is 32.2. The fraction of sp³-hybridized carbons (Fsp3) is 0.364. The first kappa shape index (κ1) is 22.2. The minimum atomic E-state index is -0.0644. The lowest BCUT2D eigenvalue weighted by atomic mass is 10.1. The Morgan fingerprint density at radius 2 is 2.03 bits per heavy atom. The molecule has 0 saturated heterocycles. The van der Waals surface area contributed by atoms with Crippen LogP contribution < -0.4 is 10.6 Å². The zero-order chi connectivity index (χ0) is 21.7. The molecule has 2 amide bonds. The molecule has 2 aromatic heterocycles. The zero-order valence-electron chi connectivity index (χ0n) is 17.6. The number of aromatic nitrogens is 2. The molecule has 0 aliphatic heterocycles. The van der Waals surface area contributed by atoms with E-state index in [0.29, 0.717) is 6.54 Å². The summed E-state index contributed by atoms with van der Waals surface area (Å²) in [5.41, 5.74) is 2.85. The van der Waals surface area contributed by atoms with Crippen molar-refractivity contribution in [2.75, 3.05) is 11.1 Å². The summed E-state index contributed by atoms with van der Waals surface area (Å²) in [6.07, 6.45) is 2.35. The lowest BCUT2D eigenvalue weighted by Gasteiger charge is -2.11. The Morgan fingerprint density at radius 3 is 2.80 bits per heavy atom. The number of aryl methyl sites for hydroxylation is 2. The Bertz CT molecular complexity index is 1060. The van der Waals surface area contributed by atoms with Gasteiger partial charge in [-0.2, -0.15) is 0 Å². The number of carbonyl (C=O) groups excluding carboxylic acids is 2. The van der Waals surface area contributed by atoms with Crippen molar-refractivity contribution in [1.29, 1.82) is 0 Å². The van der Waals surface area contributed by atoms with Crippen molar-refractivity contribution < 1.29 is 9.59 Å². The van der Waals surface area contributed by atoms with E-state index in [2.05, 4.69) is 34.4 Å². The lowest BCUT2D eigenvalue weighted by molar-refractivity contribution is -0.120. The first-order valence-electron chi connectivity index (χ1n) is 9.89. The third-order valence-electron chi connectivity index (χ3n) is 5.01. The molecule has 30 heavy (non-hydrogen) atoms. The van der Waals surface area contributed by atoms with Gasteiger partial charge in [0, 0.05) is 28.4 Å². The standard InChI is InChI=1S/C22H26N4O2S2/c1-5-13(2)20(28)26-17-8-6-7-16(9-17)10-23-18(27)11-29-21-19-14(3)15(4)30-22(19)25-12-24-21/h6-9,12-13H,5,10-11H2,1-4H3,(H,23,27)(H,26,28). The summed E-state index contributed by atoms with van der Waals surface area (Å²) in [5.74, 6) is 0.190. The van der Waals surface area contributed by atoms with Crippen molar-refractivity contribution in [3.8, 4) is 0 Å². The number of hydrogen-bond donors (Lipinski definition) is 2. The molecule has 3 aromatic rings. The maximum absolute atomic E-state index is 12.4. The number of fused-ring (bicyclic) bond motifs is 1. The molecule has 1 unspecified atom stereocenters. The molecule has 0 aliphatic rings. The molecule has 3 rings (SSSR count). The molecule has 0 aliphatic carbocycles. The van der Waals surface area contributed by atoms with E-state index in [1.54, 1.807) is 17.7 Å². The van der Waals surface area contributed by atoms with Crippen LogP contribution in [0.15, 0.2) is 35.6 Å². The van der Waals surface area contributed by atoms with Crippen LogP contribution in [0.1, 0.15) is 36.3 Å². The number of thioether (sulfide) groups is 1. The number of thiophene rings is 1. The average molecular weight is 443 g/mol. The molecule has 158 valence electrons. The van der Waals surface area contributed by atoms with Crippen LogP contribution in [-0.4, -0.2) is 27.5 Å². The van der Waals surface area contributed by atoms with E-state index in [1.807, 2.05) is 38.1 Å². The lowest BCUT2D eigenvalue weighted by Crippen LogP contribution is -2.25. The van der Waals surface area contributed by atoms with Gasteiger partial charge in [-0.25, -0.2) is 9.97 Å². The van der Waals surface area contributed by atoms with Crippen LogP contribution in [0.2, 0.25) is 0 Å². The topological polar surface area (TPSA) is 84.0 Å². The third-order valence-corrected chi connectivity index (χ3v) is 7.12. The highest BCUT2D eigenvalue weighted by Gasteiger charge is 2.14. The van der Waals surface area contributed by atoms with Gasteiger partial charge in [0.2, 0.25) is 11.8 Å². The Balaban J connectivity index is 1.56. The molecular weight excluding hydrogens is 416 g/mol. The normalized spacial score (nSPS) is 12.0. The first-order valence-corrected chi connectivity index (χ1v) is 11.7. The zero-order valence-corrected chi connectivity index (χ0v) is 19.2. The predicted molar refractivity (Wildman–Crippen MR) is 124 cm³/mol. The highest BCUT2D eigenvalue weighted by molar-refractivity contribution is 8.00. The second kappa shape index (κ2) is 10.0. The quantitative estimate of drug-likeness (QED) is 0.390. The maximum Gasteiger partial charge on any atom is 0.230 e. The van der Waals surface area contributed by atoms with Crippen LogP contribution in [0.5, 0.6) is 0 Å². The number of hydrogen-bond acceptors (Lipinski definition) is 6. The number of anilines is 1. The monoisotopic (exact) mass is 442 g/mol. The minimum absolute atomic E-state index is 0.00483. The molecule has 0 fully saturated rings. The van der Waals surface area contributed by atoms with E-state index in [4.69, 9.17) is 0 Å². The Morgan fingerprint density at radius 1 is 1.23 bits per heavy atom. The van der Waals surface area contributed by atoms with Crippen LogP contribution in [0, 0.1) is 19.8 Å². The van der Waals surface area contributed by atoms with Crippen LogP contribution in [-0.2, 0) is 16.1 Å². The molecule has 8 heteroatoms. The van der Waals surface area contributed by atoms with Crippen molar-refractivity contribution in [3.05, 3.63) is 46.6 Å². The molecule has 0 radical (unpaired) electrons. The second-order valence-corrected chi connectivity index (χ2v) is 9.37. The van der Waals surface area contributed by atoms with Gasteiger partial charge in [0.25, 0.3) is 0 Å². The Labute approximate surface area is 184 Å². The molecule has 2 heterocycles. The second-order valence-electron chi connectivity index (χ2n) is 7.21. The number of nitrogens with one attached hydrogen (secondary N) is 2. The van der Waals surface area contributed by atoms with E-state index in [1.165, 1.54) is 22.2 Å². The van der Waals surface area contributed by atoms with E-state index in [0.717, 1.165) is 32.9 Å². The third kappa shape index (κ3) is 5.37. The van der Waals surface area contributed by atoms with Crippen LogP contribution >= 0.6 is 23.1 Å². The van der Waals surface area contributed by atoms with Crippen LogP contribution in [0.3, 0.4) is 0 Å². The highest BCUT2D eigenvalue weighted by Crippen LogP contribution is 2.34. The molecule has 0 saturated carbocycles. The van der Waals surface area contributed by atoms with E-state index >= 15 is 0 Å². The Hall–Kier alpha value is -2.45. The van der Waals surface area contributed by atoms with Crippen LogP contribution in [0.4, 0.5) is 5.69 Å². The van der Waals surface area contributed by atoms with Gasteiger partial charge in [0.1, 0.15) is 16.2 Å². The molecule has 1 aromatic carbocycles. The van der Waals surface area contributed by atoms with Crippen molar-refractivity contribution in [1.82, 2.24) is 15.3 Å². The fourth-order valence-electron chi connectivity index (χ4n) is 2.86. The summed E-state index contributed by atoms with van der Waals surface area (Å²) < 4.78 is 0. The van der Waals surface area contributed by atoms with Crippen molar-refractivity contribution >= 4 is 50.8 Å². The first-order chi connectivity index (χ1) is 14.4. The fourth-order valence-corrected chi connectivity index (χ4v) is 4.80. The van der Waals surface area contributed by atoms with Gasteiger partial charge in [-0.05, 0) is 43.5 Å². The average Bonchev–Trinajstić information content (AvgIpc) is 3.04.